The first-order valence-electron chi connectivity index (χ1n) is 17.2. The zero-order valence-electron chi connectivity index (χ0n) is 32.3. The van der Waals surface area contributed by atoms with Crippen LogP contribution in [0.4, 0.5) is 45.5 Å². The van der Waals surface area contributed by atoms with Crippen LogP contribution in [-0.4, -0.2) is 66.6 Å². The average Bonchev–Trinajstić information content (AvgIpc) is 3.23. The van der Waals surface area contributed by atoms with E-state index in [1.54, 1.807) is 49.6 Å². The zero-order valence-corrected chi connectivity index (χ0v) is 33.9. The van der Waals surface area contributed by atoms with Gasteiger partial charge in [-0.3, -0.25) is 9.11 Å². The molecule has 0 aliphatic rings. The quantitative estimate of drug-likeness (QED) is 0.0554. The first-order chi connectivity index (χ1) is 28.6. The van der Waals surface area contributed by atoms with E-state index in [1.807, 2.05) is 0 Å². The Kier molecular flexibility index (Phi) is 12.5. The predicted octanol–water partition coefficient (Wildman–Crippen LogP) is 10.1. The minimum absolute atomic E-state index is 0.0368. The van der Waals surface area contributed by atoms with Crippen molar-refractivity contribution in [1.82, 2.24) is 0 Å². The molecule has 0 unspecified atom stereocenters. The van der Waals surface area contributed by atoms with Gasteiger partial charge in [-0.1, -0.05) is 0 Å². The highest BCUT2D eigenvalue weighted by molar-refractivity contribution is 7.86. The number of phenolic OH excluding ortho intramolecular Hbond substituents is 1. The maximum atomic E-state index is 12.6. The van der Waals surface area contributed by atoms with Crippen molar-refractivity contribution in [2.45, 2.75) is 9.79 Å². The van der Waals surface area contributed by atoms with Crippen molar-refractivity contribution in [1.29, 1.82) is 0 Å². The summed E-state index contributed by atoms with van der Waals surface area (Å²) in [4.78, 5) is -0.991. The molecule has 0 fully saturated rings. The van der Waals surface area contributed by atoms with Gasteiger partial charge in [-0.05, 0) is 78.2 Å². The van der Waals surface area contributed by atoms with Crippen LogP contribution in [0.1, 0.15) is 0 Å². The molecule has 0 amide bonds. The summed E-state index contributed by atoms with van der Waals surface area (Å²) in [5.41, 5.74) is 1.71. The number of phenols is 1. The van der Waals surface area contributed by atoms with Crippen molar-refractivity contribution in [3.63, 3.8) is 0 Å². The number of aromatic hydroxyl groups is 1. The molecule has 0 atom stereocenters. The summed E-state index contributed by atoms with van der Waals surface area (Å²) in [6, 6.07) is 24.0. The fraction of sp³-hybridized carbons (Fsp3) is 0.128. The zero-order chi connectivity index (χ0) is 43.2. The molecule has 19 nitrogen and oxygen atoms in total. The highest BCUT2D eigenvalue weighted by atomic mass is 32.2. The number of rotatable bonds is 15. The molecular formula is C39H35N7O12S2. The van der Waals surface area contributed by atoms with Crippen molar-refractivity contribution in [2.24, 2.45) is 30.7 Å². The van der Waals surface area contributed by atoms with Crippen LogP contribution in [0, 0.1) is 0 Å². The third-order valence-electron chi connectivity index (χ3n) is 8.60. The second kappa shape index (κ2) is 17.7. The molecule has 0 radical (unpaired) electrons. The minimum atomic E-state index is -4.92. The van der Waals surface area contributed by atoms with Gasteiger partial charge < -0.3 is 34.1 Å². The number of nitrogens with one attached hydrogen (secondary N) is 1. The van der Waals surface area contributed by atoms with Crippen molar-refractivity contribution in [3.05, 3.63) is 97.1 Å². The van der Waals surface area contributed by atoms with E-state index in [0.717, 1.165) is 5.69 Å². The van der Waals surface area contributed by atoms with Crippen molar-refractivity contribution >= 4 is 76.5 Å². The van der Waals surface area contributed by atoms with E-state index in [-0.39, 0.29) is 67.1 Å². The SMILES string of the molecule is COc1ccc(Nc2ccc3c(O)c(N=Nc4cc(OC)c(N=Nc5cc(OC)c(N=Nc6ccc(S(=O)(=O)O)cc6)cc5OC)cc4OC)c(S(=O)(=O)O)cc3c2)cc1. The van der Waals surface area contributed by atoms with Crippen molar-refractivity contribution in [3.8, 4) is 34.5 Å². The second-order valence-corrected chi connectivity index (χ2v) is 15.1. The molecule has 0 saturated carbocycles. The first kappa shape index (κ1) is 42.4. The van der Waals surface area contributed by atoms with E-state index in [9.17, 15) is 31.0 Å². The van der Waals surface area contributed by atoms with Crippen LogP contribution in [0.3, 0.4) is 0 Å². The lowest BCUT2D eigenvalue weighted by atomic mass is 10.1. The Morgan fingerprint density at radius 1 is 0.500 bits per heavy atom. The molecule has 6 aromatic carbocycles. The van der Waals surface area contributed by atoms with Gasteiger partial charge in [0.1, 0.15) is 62.1 Å². The van der Waals surface area contributed by atoms with Gasteiger partial charge in [0, 0.05) is 41.0 Å². The van der Waals surface area contributed by atoms with Crippen LogP contribution in [0.25, 0.3) is 10.8 Å². The maximum Gasteiger partial charge on any atom is 0.296 e. The van der Waals surface area contributed by atoms with Crippen LogP contribution in [-0.2, 0) is 20.2 Å². The Bertz CT molecular complexity index is 2890. The van der Waals surface area contributed by atoms with Crippen molar-refractivity contribution in [2.75, 3.05) is 40.9 Å². The third-order valence-corrected chi connectivity index (χ3v) is 10.3. The first-order valence-corrected chi connectivity index (χ1v) is 20.1. The smallest absolute Gasteiger partial charge is 0.296 e. The molecule has 0 bridgehead atoms. The number of azo groups is 3. The molecule has 0 saturated heterocycles. The molecule has 6 rings (SSSR count). The molecular weight excluding hydrogens is 823 g/mol. The van der Waals surface area contributed by atoms with Gasteiger partial charge in [0.25, 0.3) is 20.2 Å². The van der Waals surface area contributed by atoms with Gasteiger partial charge in [-0.25, -0.2) is 0 Å². The Hall–Kier alpha value is -7.20. The number of ether oxygens (including phenoxy) is 5. The average molecular weight is 858 g/mol. The van der Waals surface area contributed by atoms with Crippen LogP contribution < -0.4 is 29.0 Å². The van der Waals surface area contributed by atoms with Crippen LogP contribution in [0.15, 0.2) is 138 Å². The van der Waals surface area contributed by atoms with E-state index in [4.69, 9.17) is 23.7 Å². The van der Waals surface area contributed by atoms with Gasteiger partial charge in [0.2, 0.25) is 0 Å². The molecule has 60 heavy (non-hydrogen) atoms. The monoisotopic (exact) mass is 857 g/mol. The molecule has 21 heteroatoms. The Morgan fingerprint density at radius 3 is 1.42 bits per heavy atom. The number of methoxy groups -OCH3 is 5. The highest BCUT2D eigenvalue weighted by Crippen LogP contribution is 2.46. The van der Waals surface area contributed by atoms with Crippen molar-refractivity contribution < 1.29 is 54.7 Å². The van der Waals surface area contributed by atoms with Gasteiger partial charge >= 0.3 is 0 Å². The number of nitrogens with zero attached hydrogens (tertiary/aromatic N) is 6. The van der Waals surface area contributed by atoms with E-state index >= 15 is 0 Å². The number of hydrogen-bond acceptors (Lipinski definition) is 17. The van der Waals surface area contributed by atoms with Crippen LogP contribution in [0.5, 0.6) is 34.5 Å². The van der Waals surface area contributed by atoms with E-state index in [0.29, 0.717) is 11.4 Å². The fourth-order valence-corrected chi connectivity index (χ4v) is 6.75. The molecule has 0 aliphatic carbocycles. The molecule has 6 aromatic rings. The van der Waals surface area contributed by atoms with Crippen LogP contribution >= 0.6 is 0 Å². The standard InChI is InChI=1S/C39H35N7O12S2/c1-54-26-11-6-23(7-12-26)40-25-10-15-28-22(16-25)17-37(60(51,52)53)38(39(28)47)46-45-32-21-35(57-4)31(20-36(32)58-5)44-43-30-19-33(55-2)29(18-34(30)56-3)42-41-24-8-13-27(14-9-24)59(48,49)50/h6-21,40,47H,1-5H3,(H,48,49,50)(H,51,52,53). The number of anilines is 2. The van der Waals surface area contributed by atoms with E-state index in [1.165, 1.54) is 83.0 Å². The predicted molar refractivity (Wildman–Crippen MR) is 220 cm³/mol. The number of hydrogen-bond donors (Lipinski definition) is 4. The summed E-state index contributed by atoms with van der Waals surface area (Å²) in [6.07, 6.45) is 0. The molecule has 0 spiro atoms. The summed E-state index contributed by atoms with van der Waals surface area (Å²) in [7, 11) is -2.22. The highest BCUT2D eigenvalue weighted by Gasteiger charge is 2.23. The topological polar surface area (TPSA) is 261 Å². The molecule has 4 N–H and O–H groups in total. The molecule has 310 valence electrons. The second-order valence-electron chi connectivity index (χ2n) is 12.3. The number of fused-ring (bicyclic) bond motifs is 1. The molecule has 0 heterocycles. The normalized spacial score (nSPS) is 12.1. The molecule has 0 aliphatic heterocycles. The summed E-state index contributed by atoms with van der Waals surface area (Å²) in [5, 5.41) is 40.1. The number of benzene rings is 6. The molecule has 0 aromatic heterocycles. The maximum absolute atomic E-state index is 12.6. The van der Waals surface area contributed by atoms with E-state index in [2.05, 4.69) is 36.0 Å². The van der Waals surface area contributed by atoms with Gasteiger partial charge in [-0.15, -0.1) is 25.6 Å². The lowest BCUT2D eigenvalue weighted by Gasteiger charge is -2.12. The Morgan fingerprint density at radius 2 is 0.967 bits per heavy atom. The third kappa shape index (κ3) is 9.56. The Balaban J connectivity index is 1.30. The summed E-state index contributed by atoms with van der Waals surface area (Å²) >= 11 is 0. The van der Waals surface area contributed by atoms with Gasteiger partial charge in [0.15, 0.2) is 5.75 Å². The summed E-state index contributed by atoms with van der Waals surface area (Å²) < 4.78 is 94.5. The summed E-state index contributed by atoms with van der Waals surface area (Å²) in [5.74, 6) is 0.805. The van der Waals surface area contributed by atoms with Gasteiger partial charge in [-0.2, -0.15) is 21.9 Å². The lowest BCUT2D eigenvalue weighted by Crippen LogP contribution is -1.99. The van der Waals surface area contributed by atoms with E-state index < -0.39 is 36.6 Å². The summed E-state index contributed by atoms with van der Waals surface area (Å²) in [6.45, 7) is 0. The minimum Gasteiger partial charge on any atom is -0.505 e. The largest absolute Gasteiger partial charge is 0.505 e. The Labute approximate surface area is 343 Å². The van der Waals surface area contributed by atoms with Crippen LogP contribution in [0.2, 0.25) is 0 Å². The fourth-order valence-electron chi connectivity index (χ4n) is 5.62. The van der Waals surface area contributed by atoms with Gasteiger partial charge in [0.05, 0.1) is 46.1 Å². The lowest BCUT2D eigenvalue weighted by molar-refractivity contribution is 0.403.